The Balaban J connectivity index is 1.88. The Labute approximate surface area is 94.2 Å². The van der Waals surface area contributed by atoms with Crippen molar-refractivity contribution in [2.45, 2.75) is 45.3 Å². The molecule has 1 heterocycles. The smallest absolute Gasteiger partial charge is 0.0700 e. The molecule has 0 aromatic rings. The number of ether oxygens (including phenoxy) is 1. The maximum atomic E-state index is 5.55. The van der Waals surface area contributed by atoms with Crippen LogP contribution in [0.25, 0.3) is 0 Å². The van der Waals surface area contributed by atoms with E-state index in [0.717, 1.165) is 19.7 Å². The van der Waals surface area contributed by atoms with Crippen LogP contribution in [0.15, 0.2) is 0 Å². The topological polar surface area (TPSA) is 24.5 Å². The van der Waals surface area contributed by atoms with Gasteiger partial charge in [-0.15, -0.1) is 0 Å². The zero-order valence-electron chi connectivity index (χ0n) is 10.5. The molecule has 3 heteroatoms. The lowest BCUT2D eigenvalue weighted by molar-refractivity contribution is 0.110. The fourth-order valence-corrected chi connectivity index (χ4v) is 1.78. The van der Waals surface area contributed by atoms with Crippen molar-refractivity contribution < 1.29 is 4.74 Å². The Hall–Kier alpha value is -0.120. The van der Waals surface area contributed by atoms with Crippen molar-refractivity contribution in [1.82, 2.24) is 10.2 Å². The Kier molecular flexibility index (Phi) is 6.22. The van der Waals surface area contributed by atoms with Crippen LogP contribution in [0.1, 0.15) is 33.1 Å². The van der Waals surface area contributed by atoms with E-state index in [9.17, 15) is 0 Å². The van der Waals surface area contributed by atoms with Crippen molar-refractivity contribution in [3.8, 4) is 0 Å². The third-order valence-electron chi connectivity index (χ3n) is 3.14. The first kappa shape index (κ1) is 12.9. The highest BCUT2D eigenvalue weighted by atomic mass is 16.5. The molecular weight excluding hydrogens is 188 g/mol. The summed E-state index contributed by atoms with van der Waals surface area (Å²) in [6, 6.07) is 0.656. The van der Waals surface area contributed by atoms with Crippen LogP contribution in [0.2, 0.25) is 0 Å². The summed E-state index contributed by atoms with van der Waals surface area (Å²) in [7, 11) is 2.19. The number of hydrogen-bond acceptors (Lipinski definition) is 3. The highest BCUT2D eigenvalue weighted by Gasteiger charge is 2.14. The van der Waals surface area contributed by atoms with Crippen molar-refractivity contribution in [2.75, 3.05) is 33.3 Å². The van der Waals surface area contributed by atoms with E-state index in [-0.39, 0.29) is 0 Å². The Bertz CT molecular complexity index is 152. The van der Waals surface area contributed by atoms with E-state index < -0.39 is 0 Å². The molecule has 1 fully saturated rings. The van der Waals surface area contributed by atoms with Crippen LogP contribution in [-0.2, 0) is 4.74 Å². The summed E-state index contributed by atoms with van der Waals surface area (Å²) in [5.74, 6) is 0. The largest absolute Gasteiger partial charge is 0.377 e. The maximum absolute atomic E-state index is 5.55. The van der Waals surface area contributed by atoms with Gasteiger partial charge in [0.2, 0.25) is 0 Å². The molecule has 1 rings (SSSR count). The summed E-state index contributed by atoms with van der Waals surface area (Å²) in [5.41, 5.74) is 0. The van der Waals surface area contributed by atoms with E-state index in [4.69, 9.17) is 4.74 Å². The van der Waals surface area contributed by atoms with E-state index in [1.54, 1.807) is 0 Å². The Morgan fingerprint density at radius 2 is 2.27 bits per heavy atom. The summed E-state index contributed by atoms with van der Waals surface area (Å²) in [6.07, 6.45) is 4.18. The SMILES string of the molecule is CC(C)N(C)CCCNCC1CCCO1. The van der Waals surface area contributed by atoms with Gasteiger partial charge in [0, 0.05) is 19.2 Å². The third-order valence-corrected chi connectivity index (χ3v) is 3.14. The molecular formula is C12H26N2O. The van der Waals surface area contributed by atoms with Gasteiger partial charge >= 0.3 is 0 Å². The standard InChI is InChI=1S/C12H26N2O/c1-11(2)14(3)8-5-7-13-10-12-6-4-9-15-12/h11-13H,4-10H2,1-3H3. The van der Waals surface area contributed by atoms with Crippen LogP contribution in [0.5, 0.6) is 0 Å². The molecule has 1 atom stereocenters. The van der Waals surface area contributed by atoms with Crippen molar-refractivity contribution in [2.24, 2.45) is 0 Å². The van der Waals surface area contributed by atoms with Crippen LogP contribution >= 0.6 is 0 Å². The molecule has 0 saturated carbocycles. The molecule has 90 valence electrons. The highest BCUT2D eigenvalue weighted by molar-refractivity contribution is 4.67. The van der Waals surface area contributed by atoms with Crippen LogP contribution in [0.4, 0.5) is 0 Å². The van der Waals surface area contributed by atoms with Gasteiger partial charge in [0.05, 0.1) is 6.10 Å². The minimum Gasteiger partial charge on any atom is -0.377 e. The second kappa shape index (κ2) is 7.20. The van der Waals surface area contributed by atoms with Crippen molar-refractivity contribution in [1.29, 1.82) is 0 Å². The average Bonchev–Trinajstić information content (AvgIpc) is 2.69. The van der Waals surface area contributed by atoms with Gasteiger partial charge in [0.1, 0.15) is 0 Å². The second-order valence-electron chi connectivity index (χ2n) is 4.77. The first-order valence-corrected chi connectivity index (χ1v) is 6.22. The normalized spacial score (nSPS) is 21.8. The summed E-state index contributed by atoms with van der Waals surface area (Å²) >= 11 is 0. The Morgan fingerprint density at radius 3 is 2.87 bits per heavy atom. The maximum Gasteiger partial charge on any atom is 0.0700 e. The molecule has 0 aromatic heterocycles. The molecule has 0 amide bonds. The molecule has 0 aromatic carbocycles. The van der Waals surface area contributed by atoms with Crippen LogP contribution < -0.4 is 5.32 Å². The number of nitrogens with one attached hydrogen (secondary N) is 1. The minimum atomic E-state index is 0.479. The molecule has 0 spiro atoms. The van der Waals surface area contributed by atoms with Crippen molar-refractivity contribution in [3.05, 3.63) is 0 Å². The average molecular weight is 214 g/mol. The van der Waals surface area contributed by atoms with E-state index >= 15 is 0 Å². The summed E-state index contributed by atoms with van der Waals surface area (Å²) in [4.78, 5) is 2.38. The molecule has 1 aliphatic rings. The summed E-state index contributed by atoms with van der Waals surface area (Å²) in [5, 5.41) is 3.47. The highest BCUT2D eigenvalue weighted by Crippen LogP contribution is 2.10. The van der Waals surface area contributed by atoms with Crippen LogP contribution in [0.3, 0.4) is 0 Å². The molecule has 15 heavy (non-hydrogen) atoms. The van der Waals surface area contributed by atoms with E-state index in [1.807, 2.05) is 0 Å². The molecule has 0 bridgehead atoms. The van der Waals surface area contributed by atoms with Gasteiger partial charge in [-0.1, -0.05) is 0 Å². The number of nitrogens with zero attached hydrogens (tertiary/aromatic N) is 1. The van der Waals surface area contributed by atoms with Gasteiger partial charge in [-0.05, 0) is 53.2 Å². The quantitative estimate of drug-likeness (QED) is 0.650. The van der Waals surface area contributed by atoms with Gasteiger partial charge in [0.15, 0.2) is 0 Å². The van der Waals surface area contributed by atoms with Crippen molar-refractivity contribution in [3.63, 3.8) is 0 Å². The predicted octanol–water partition coefficient (Wildman–Crippen LogP) is 1.49. The summed E-state index contributed by atoms with van der Waals surface area (Å²) < 4.78 is 5.55. The van der Waals surface area contributed by atoms with E-state index in [2.05, 4.69) is 31.1 Å². The monoisotopic (exact) mass is 214 g/mol. The fourth-order valence-electron chi connectivity index (χ4n) is 1.78. The molecule has 1 aliphatic heterocycles. The predicted molar refractivity (Wildman–Crippen MR) is 64.2 cm³/mol. The first-order chi connectivity index (χ1) is 7.20. The molecule has 1 unspecified atom stereocenters. The molecule has 1 N–H and O–H groups in total. The van der Waals surface area contributed by atoms with Gasteiger partial charge in [-0.3, -0.25) is 0 Å². The van der Waals surface area contributed by atoms with E-state index in [0.29, 0.717) is 12.1 Å². The fraction of sp³-hybridized carbons (Fsp3) is 1.00. The molecule has 1 saturated heterocycles. The first-order valence-electron chi connectivity index (χ1n) is 6.22. The van der Waals surface area contributed by atoms with Crippen LogP contribution in [0, 0.1) is 0 Å². The lowest BCUT2D eigenvalue weighted by Crippen LogP contribution is -2.31. The summed E-state index contributed by atoms with van der Waals surface area (Å²) in [6.45, 7) is 8.75. The van der Waals surface area contributed by atoms with Gasteiger partial charge in [0.25, 0.3) is 0 Å². The number of hydrogen-bond donors (Lipinski definition) is 1. The zero-order chi connectivity index (χ0) is 11.1. The van der Waals surface area contributed by atoms with Gasteiger partial charge in [-0.2, -0.15) is 0 Å². The minimum absolute atomic E-state index is 0.479. The van der Waals surface area contributed by atoms with Crippen molar-refractivity contribution >= 4 is 0 Å². The van der Waals surface area contributed by atoms with Gasteiger partial charge in [-0.25, -0.2) is 0 Å². The molecule has 0 radical (unpaired) electrons. The molecule has 3 nitrogen and oxygen atoms in total. The lowest BCUT2D eigenvalue weighted by atomic mass is 10.2. The number of rotatable bonds is 7. The third kappa shape index (κ3) is 5.50. The zero-order valence-corrected chi connectivity index (χ0v) is 10.5. The van der Waals surface area contributed by atoms with Gasteiger partial charge < -0.3 is 15.0 Å². The lowest BCUT2D eigenvalue weighted by Gasteiger charge is -2.21. The second-order valence-corrected chi connectivity index (χ2v) is 4.77. The van der Waals surface area contributed by atoms with E-state index in [1.165, 1.54) is 25.8 Å². The Morgan fingerprint density at radius 1 is 1.47 bits per heavy atom. The molecule has 0 aliphatic carbocycles. The van der Waals surface area contributed by atoms with Crippen LogP contribution in [-0.4, -0.2) is 50.3 Å².